The zero-order valence-corrected chi connectivity index (χ0v) is 22.3. The van der Waals surface area contributed by atoms with Gasteiger partial charge in [0.05, 0.1) is 30.6 Å². The Balaban J connectivity index is 1.87. The summed E-state index contributed by atoms with van der Waals surface area (Å²) in [5, 5.41) is 5.52. The van der Waals surface area contributed by atoms with Gasteiger partial charge in [-0.2, -0.15) is 18.2 Å². The minimum Gasteiger partial charge on any atom is -0.345 e. The third-order valence-electron chi connectivity index (χ3n) is 5.15. The van der Waals surface area contributed by atoms with Crippen LogP contribution in [0.15, 0.2) is 54.7 Å². The Kier molecular flexibility index (Phi) is 9.48. The number of carbonyl (C=O) groups is 1. The summed E-state index contributed by atoms with van der Waals surface area (Å²) >= 11 is 0. The molecule has 0 radical (unpaired) electrons. The second-order valence-corrected chi connectivity index (χ2v) is 10.3. The van der Waals surface area contributed by atoms with Gasteiger partial charge in [-0.3, -0.25) is 9.36 Å². The van der Waals surface area contributed by atoms with Gasteiger partial charge in [0.2, 0.25) is 5.95 Å². The fourth-order valence-electron chi connectivity index (χ4n) is 3.46. The summed E-state index contributed by atoms with van der Waals surface area (Å²) in [6, 6.07) is 12.9. The lowest BCUT2D eigenvalue weighted by molar-refractivity contribution is -0.137. The van der Waals surface area contributed by atoms with E-state index in [1.54, 1.807) is 64.3 Å². The van der Waals surface area contributed by atoms with E-state index in [0.717, 1.165) is 0 Å². The molecule has 0 aliphatic heterocycles. The Hall–Kier alpha value is -3.47. The average molecular weight is 552 g/mol. The molecule has 0 atom stereocenters. The first-order valence-electron chi connectivity index (χ1n) is 11.7. The zero-order chi connectivity index (χ0) is 27.9. The molecule has 9 nitrogen and oxygen atoms in total. The molecular weight excluding hydrogens is 522 g/mol. The molecule has 1 heterocycles. The van der Waals surface area contributed by atoms with E-state index < -0.39 is 25.2 Å². The number of para-hydroxylation sites is 1. The van der Waals surface area contributed by atoms with Crippen LogP contribution in [-0.2, 0) is 26.0 Å². The average Bonchev–Trinajstić information content (AvgIpc) is 2.85. The molecule has 204 valence electrons. The minimum absolute atomic E-state index is 0.0743. The molecule has 0 aliphatic carbocycles. The summed E-state index contributed by atoms with van der Waals surface area (Å²) < 4.78 is 64.6. The number of aromatic nitrogens is 2. The van der Waals surface area contributed by atoms with Crippen molar-refractivity contribution in [2.24, 2.45) is 0 Å². The van der Waals surface area contributed by atoms with E-state index in [0.29, 0.717) is 17.4 Å². The number of nitrogens with zero attached hydrogens (tertiary/aromatic N) is 3. The Labute approximate surface area is 218 Å². The van der Waals surface area contributed by atoms with E-state index in [9.17, 15) is 22.5 Å². The predicted molar refractivity (Wildman–Crippen MR) is 139 cm³/mol. The van der Waals surface area contributed by atoms with Crippen molar-refractivity contribution < 1.29 is 31.6 Å². The number of anilines is 4. The van der Waals surface area contributed by atoms with Crippen LogP contribution in [0.3, 0.4) is 0 Å². The highest BCUT2D eigenvalue weighted by Crippen LogP contribution is 2.51. The van der Waals surface area contributed by atoms with Gasteiger partial charge in [-0.25, -0.2) is 4.98 Å². The number of benzene rings is 2. The lowest BCUT2D eigenvalue weighted by Gasteiger charge is -2.18. The molecule has 0 aliphatic rings. The Morgan fingerprint density at radius 3 is 2.21 bits per heavy atom. The molecular formula is C25H29F3N5O4P. The molecule has 0 saturated heterocycles. The molecule has 0 fully saturated rings. The van der Waals surface area contributed by atoms with Crippen molar-refractivity contribution in [1.29, 1.82) is 0 Å². The van der Waals surface area contributed by atoms with Crippen molar-refractivity contribution in [3.05, 3.63) is 71.4 Å². The van der Waals surface area contributed by atoms with E-state index in [4.69, 9.17) is 9.05 Å². The monoisotopic (exact) mass is 551 g/mol. The smallest absolute Gasteiger partial charge is 0.345 e. The fourth-order valence-corrected chi connectivity index (χ4v) is 5.16. The van der Waals surface area contributed by atoms with Gasteiger partial charge in [0.1, 0.15) is 11.4 Å². The summed E-state index contributed by atoms with van der Waals surface area (Å²) in [6.45, 7) is 3.94. The number of amides is 1. The van der Waals surface area contributed by atoms with Gasteiger partial charge in [0.15, 0.2) is 0 Å². The maximum absolute atomic E-state index is 13.7. The number of hydrogen-bond donors (Lipinski definition) is 2. The molecule has 3 rings (SSSR count). The van der Waals surface area contributed by atoms with Crippen LogP contribution in [0.5, 0.6) is 0 Å². The molecule has 2 N–H and O–H groups in total. The molecule has 3 aromatic rings. The quantitative estimate of drug-likeness (QED) is 0.262. The van der Waals surface area contributed by atoms with Gasteiger partial charge >= 0.3 is 13.8 Å². The van der Waals surface area contributed by atoms with Gasteiger partial charge in [-0.05, 0) is 43.7 Å². The van der Waals surface area contributed by atoms with Crippen LogP contribution >= 0.6 is 7.60 Å². The predicted octanol–water partition coefficient (Wildman–Crippen LogP) is 6.45. The van der Waals surface area contributed by atoms with Gasteiger partial charge in [0.25, 0.3) is 5.91 Å². The molecule has 0 bridgehead atoms. The summed E-state index contributed by atoms with van der Waals surface area (Å²) in [5.74, 6) is -0.994. The molecule has 1 aromatic heterocycles. The molecule has 38 heavy (non-hydrogen) atoms. The van der Waals surface area contributed by atoms with E-state index in [1.807, 2.05) is 0 Å². The molecule has 1 amide bonds. The van der Waals surface area contributed by atoms with Crippen LogP contribution < -0.4 is 10.6 Å². The standard InChI is InChI=1S/C25H29F3N5O4P/c1-5-36-38(35,37-6-2)16-17-11-13-18(14-12-17)30-24-29-15-20(25(26,27)28)22(32-24)31-21-10-8-7-9-19(21)23(34)33(3)4/h7-15H,5-6,16H2,1-4H3,(H2,29,30,31,32). The maximum atomic E-state index is 13.7. The van der Waals surface area contributed by atoms with E-state index in [-0.39, 0.29) is 42.5 Å². The van der Waals surface area contributed by atoms with Crippen LogP contribution in [0.25, 0.3) is 0 Å². The number of halogens is 3. The first-order valence-corrected chi connectivity index (χ1v) is 13.4. The lowest BCUT2D eigenvalue weighted by atomic mass is 10.1. The van der Waals surface area contributed by atoms with Gasteiger partial charge < -0.3 is 24.6 Å². The number of nitrogens with one attached hydrogen (secondary N) is 2. The van der Waals surface area contributed by atoms with Crippen molar-refractivity contribution in [2.75, 3.05) is 37.9 Å². The fraction of sp³-hybridized carbons (Fsp3) is 0.320. The first kappa shape index (κ1) is 29.1. The Morgan fingerprint density at radius 1 is 1.00 bits per heavy atom. The normalized spacial score (nSPS) is 11.8. The molecule has 0 saturated carbocycles. The maximum Gasteiger partial charge on any atom is 0.421 e. The lowest BCUT2D eigenvalue weighted by Crippen LogP contribution is -2.23. The third-order valence-corrected chi connectivity index (χ3v) is 7.20. The van der Waals surface area contributed by atoms with Gasteiger partial charge in [0, 0.05) is 26.0 Å². The largest absolute Gasteiger partial charge is 0.421 e. The summed E-state index contributed by atoms with van der Waals surface area (Å²) in [5.41, 5.74) is 0.446. The Bertz CT molecular complexity index is 1290. The summed E-state index contributed by atoms with van der Waals surface area (Å²) in [6.07, 6.45) is -3.99. The van der Waals surface area contributed by atoms with Crippen LogP contribution in [0.1, 0.15) is 35.3 Å². The Morgan fingerprint density at radius 2 is 1.63 bits per heavy atom. The SMILES string of the molecule is CCOP(=O)(Cc1ccc(Nc2ncc(C(F)(F)F)c(Nc3ccccc3C(=O)N(C)C)n2)cc1)OCC. The summed E-state index contributed by atoms with van der Waals surface area (Å²) in [4.78, 5) is 21.7. The van der Waals surface area contributed by atoms with E-state index in [1.165, 1.54) is 17.0 Å². The number of carbonyl (C=O) groups excluding carboxylic acids is 1. The van der Waals surface area contributed by atoms with Crippen LogP contribution in [0, 0.1) is 0 Å². The molecule has 0 spiro atoms. The van der Waals surface area contributed by atoms with Crippen LogP contribution in [-0.4, -0.2) is 48.1 Å². The highest BCUT2D eigenvalue weighted by molar-refractivity contribution is 7.53. The second kappa shape index (κ2) is 12.4. The highest BCUT2D eigenvalue weighted by atomic mass is 31.2. The van der Waals surface area contributed by atoms with Gasteiger partial charge in [-0.1, -0.05) is 24.3 Å². The number of alkyl halides is 3. The zero-order valence-electron chi connectivity index (χ0n) is 21.4. The third kappa shape index (κ3) is 7.53. The highest BCUT2D eigenvalue weighted by Gasteiger charge is 2.35. The van der Waals surface area contributed by atoms with Gasteiger partial charge in [-0.15, -0.1) is 0 Å². The van der Waals surface area contributed by atoms with Crippen molar-refractivity contribution in [3.63, 3.8) is 0 Å². The first-order chi connectivity index (χ1) is 18.0. The van der Waals surface area contributed by atoms with Crippen molar-refractivity contribution in [2.45, 2.75) is 26.2 Å². The van der Waals surface area contributed by atoms with Crippen LogP contribution in [0.4, 0.5) is 36.3 Å². The minimum atomic E-state index is -4.74. The van der Waals surface area contributed by atoms with Crippen molar-refractivity contribution >= 4 is 36.6 Å². The number of rotatable bonds is 11. The number of hydrogen-bond acceptors (Lipinski definition) is 8. The van der Waals surface area contributed by atoms with Crippen molar-refractivity contribution in [1.82, 2.24) is 14.9 Å². The van der Waals surface area contributed by atoms with E-state index in [2.05, 4.69) is 20.6 Å². The summed E-state index contributed by atoms with van der Waals surface area (Å²) in [7, 11) is -0.196. The van der Waals surface area contributed by atoms with Crippen molar-refractivity contribution in [3.8, 4) is 0 Å². The van der Waals surface area contributed by atoms with Crippen LogP contribution in [0.2, 0.25) is 0 Å². The van der Waals surface area contributed by atoms with E-state index >= 15 is 0 Å². The topological polar surface area (TPSA) is 106 Å². The molecule has 13 heteroatoms. The molecule has 2 aromatic carbocycles. The molecule has 0 unspecified atom stereocenters. The second-order valence-electron chi connectivity index (χ2n) is 8.25.